The lowest BCUT2D eigenvalue weighted by Crippen LogP contribution is -2.15. The van der Waals surface area contributed by atoms with Gasteiger partial charge in [-0.2, -0.15) is 0 Å². The Kier molecular flexibility index (Phi) is 2.82. The van der Waals surface area contributed by atoms with Crippen molar-refractivity contribution in [2.75, 3.05) is 11.4 Å². The average molecular weight is 255 g/mol. The number of fused-ring (bicyclic) bond motifs is 1. The van der Waals surface area contributed by atoms with E-state index in [4.69, 9.17) is 0 Å². The molecule has 0 unspecified atom stereocenters. The van der Waals surface area contributed by atoms with Crippen molar-refractivity contribution >= 4 is 17.2 Å². The number of rotatable bonds is 2. The van der Waals surface area contributed by atoms with Crippen molar-refractivity contribution in [1.29, 1.82) is 0 Å². The molecule has 0 atom stereocenters. The molecule has 1 aliphatic heterocycles. The Balaban J connectivity index is 2.09. The van der Waals surface area contributed by atoms with Gasteiger partial charge in [0.05, 0.1) is 5.69 Å². The SMILES string of the molecule is CC(=O)c1ccc(F)c(N2CCc3ccccc32)c1. The zero-order valence-corrected chi connectivity index (χ0v) is 10.7. The largest absolute Gasteiger partial charge is 0.339 e. The molecule has 96 valence electrons. The first-order valence-electron chi connectivity index (χ1n) is 6.33. The molecule has 0 radical (unpaired) electrons. The molecule has 0 fully saturated rings. The van der Waals surface area contributed by atoms with E-state index in [1.807, 2.05) is 23.1 Å². The van der Waals surface area contributed by atoms with Gasteiger partial charge in [-0.15, -0.1) is 0 Å². The lowest BCUT2D eigenvalue weighted by atomic mass is 10.1. The van der Waals surface area contributed by atoms with Crippen LogP contribution in [-0.4, -0.2) is 12.3 Å². The summed E-state index contributed by atoms with van der Waals surface area (Å²) in [6.07, 6.45) is 0.903. The maximum absolute atomic E-state index is 14.0. The van der Waals surface area contributed by atoms with Gasteiger partial charge in [-0.1, -0.05) is 18.2 Å². The molecular formula is C16H14FNO. The monoisotopic (exact) mass is 255 g/mol. The van der Waals surface area contributed by atoms with Gasteiger partial charge in [0, 0.05) is 17.8 Å². The van der Waals surface area contributed by atoms with Crippen LogP contribution in [0, 0.1) is 5.82 Å². The molecule has 0 bridgehead atoms. The van der Waals surface area contributed by atoms with Crippen LogP contribution >= 0.6 is 0 Å². The molecule has 2 aromatic rings. The van der Waals surface area contributed by atoms with E-state index in [0.717, 1.165) is 18.7 Å². The quantitative estimate of drug-likeness (QED) is 0.762. The van der Waals surface area contributed by atoms with Crippen LogP contribution in [-0.2, 0) is 6.42 Å². The molecule has 19 heavy (non-hydrogen) atoms. The standard InChI is InChI=1S/C16H14FNO/c1-11(19)13-6-7-14(17)16(10-13)18-9-8-12-4-2-3-5-15(12)18/h2-7,10H,8-9H2,1H3. The lowest BCUT2D eigenvalue weighted by Gasteiger charge is -2.20. The summed E-state index contributed by atoms with van der Waals surface area (Å²) >= 11 is 0. The fourth-order valence-electron chi connectivity index (χ4n) is 2.53. The smallest absolute Gasteiger partial charge is 0.159 e. The van der Waals surface area contributed by atoms with E-state index in [-0.39, 0.29) is 11.6 Å². The molecular weight excluding hydrogens is 241 g/mol. The average Bonchev–Trinajstić information content (AvgIpc) is 2.83. The summed E-state index contributed by atoms with van der Waals surface area (Å²) in [6.45, 7) is 2.24. The van der Waals surface area contributed by atoms with Gasteiger partial charge in [0.15, 0.2) is 5.78 Å². The Morgan fingerprint density at radius 2 is 1.95 bits per heavy atom. The second kappa shape index (κ2) is 4.50. The molecule has 0 N–H and O–H groups in total. The van der Waals surface area contributed by atoms with E-state index in [2.05, 4.69) is 6.07 Å². The zero-order valence-electron chi connectivity index (χ0n) is 10.7. The predicted molar refractivity (Wildman–Crippen MR) is 73.6 cm³/mol. The van der Waals surface area contributed by atoms with Gasteiger partial charge in [-0.05, 0) is 43.2 Å². The summed E-state index contributed by atoms with van der Waals surface area (Å²) < 4.78 is 14.0. The summed E-state index contributed by atoms with van der Waals surface area (Å²) in [5, 5.41) is 0. The minimum Gasteiger partial charge on any atom is -0.339 e. The Morgan fingerprint density at radius 1 is 1.16 bits per heavy atom. The Labute approximate surface area is 111 Å². The first-order chi connectivity index (χ1) is 9.16. The van der Waals surface area contributed by atoms with Crippen molar-refractivity contribution in [2.45, 2.75) is 13.3 Å². The van der Waals surface area contributed by atoms with Crippen LogP contribution in [0.4, 0.5) is 15.8 Å². The maximum Gasteiger partial charge on any atom is 0.159 e. The van der Waals surface area contributed by atoms with Crippen LogP contribution in [0.5, 0.6) is 0 Å². The van der Waals surface area contributed by atoms with Crippen molar-refractivity contribution < 1.29 is 9.18 Å². The lowest BCUT2D eigenvalue weighted by molar-refractivity contribution is 0.101. The molecule has 0 aliphatic carbocycles. The number of ketones is 1. The number of hydrogen-bond acceptors (Lipinski definition) is 2. The van der Waals surface area contributed by atoms with Gasteiger partial charge in [0.25, 0.3) is 0 Å². The van der Waals surface area contributed by atoms with Crippen molar-refractivity contribution in [3.63, 3.8) is 0 Å². The van der Waals surface area contributed by atoms with Gasteiger partial charge in [-0.3, -0.25) is 4.79 Å². The number of benzene rings is 2. The zero-order chi connectivity index (χ0) is 13.4. The van der Waals surface area contributed by atoms with E-state index in [1.165, 1.54) is 24.6 Å². The number of Topliss-reactive ketones (excluding diaryl/α,β-unsaturated/α-hetero) is 1. The molecule has 1 aliphatic rings. The Morgan fingerprint density at radius 3 is 2.74 bits per heavy atom. The third-order valence-corrected chi connectivity index (χ3v) is 3.53. The Bertz CT molecular complexity index is 651. The molecule has 0 aromatic heterocycles. The van der Waals surface area contributed by atoms with Gasteiger partial charge >= 0.3 is 0 Å². The Hall–Kier alpha value is -2.16. The molecule has 2 aromatic carbocycles. The summed E-state index contributed by atoms with van der Waals surface area (Å²) in [7, 11) is 0. The van der Waals surface area contributed by atoms with Gasteiger partial charge < -0.3 is 4.90 Å². The summed E-state index contributed by atoms with van der Waals surface area (Å²) in [6, 6.07) is 12.5. The number of hydrogen-bond donors (Lipinski definition) is 0. The molecule has 0 saturated carbocycles. The van der Waals surface area contributed by atoms with Crippen molar-refractivity contribution in [2.24, 2.45) is 0 Å². The molecule has 0 spiro atoms. The third kappa shape index (κ3) is 2.01. The number of nitrogens with zero attached hydrogens (tertiary/aromatic N) is 1. The highest BCUT2D eigenvalue weighted by Crippen LogP contribution is 2.35. The van der Waals surface area contributed by atoms with Crippen molar-refractivity contribution in [3.05, 3.63) is 59.4 Å². The van der Waals surface area contributed by atoms with Crippen LogP contribution in [0.1, 0.15) is 22.8 Å². The molecule has 0 amide bonds. The summed E-state index contributed by atoms with van der Waals surface area (Å²) in [4.78, 5) is 13.4. The highest BCUT2D eigenvalue weighted by atomic mass is 19.1. The normalized spacial score (nSPS) is 13.5. The minimum atomic E-state index is -0.290. The number of anilines is 2. The minimum absolute atomic E-state index is 0.0475. The van der Waals surface area contributed by atoms with E-state index >= 15 is 0 Å². The van der Waals surface area contributed by atoms with Crippen molar-refractivity contribution in [1.82, 2.24) is 0 Å². The van der Waals surface area contributed by atoms with E-state index in [0.29, 0.717) is 11.3 Å². The molecule has 1 heterocycles. The second-order valence-corrected chi connectivity index (χ2v) is 4.75. The summed E-state index contributed by atoms with van der Waals surface area (Å²) in [5.74, 6) is -0.338. The second-order valence-electron chi connectivity index (χ2n) is 4.75. The van der Waals surface area contributed by atoms with Crippen LogP contribution in [0.2, 0.25) is 0 Å². The topological polar surface area (TPSA) is 20.3 Å². The van der Waals surface area contributed by atoms with Crippen molar-refractivity contribution in [3.8, 4) is 0 Å². The highest BCUT2D eigenvalue weighted by Gasteiger charge is 2.22. The molecule has 0 saturated heterocycles. The maximum atomic E-state index is 14.0. The van der Waals surface area contributed by atoms with Crippen LogP contribution in [0.15, 0.2) is 42.5 Å². The number of halogens is 1. The van der Waals surface area contributed by atoms with E-state index in [1.54, 1.807) is 6.07 Å². The van der Waals surface area contributed by atoms with E-state index in [9.17, 15) is 9.18 Å². The first-order valence-corrected chi connectivity index (χ1v) is 6.33. The third-order valence-electron chi connectivity index (χ3n) is 3.53. The molecule has 2 nitrogen and oxygen atoms in total. The summed E-state index contributed by atoms with van der Waals surface area (Å²) in [5.41, 5.74) is 3.27. The molecule has 3 heteroatoms. The van der Waals surface area contributed by atoms with Gasteiger partial charge in [-0.25, -0.2) is 4.39 Å². The van der Waals surface area contributed by atoms with E-state index < -0.39 is 0 Å². The van der Waals surface area contributed by atoms with Crippen LogP contribution in [0.25, 0.3) is 0 Å². The first kappa shape index (κ1) is 11.9. The predicted octanol–water partition coefficient (Wildman–Crippen LogP) is 3.72. The fraction of sp³-hybridized carbons (Fsp3) is 0.188. The highest BCUT2D eigenvalue weighted by molar-refractivity contribution is 5.95. The van der Waals surface area contributed by atoms with Gasteiger partial charge in [0.2, 0.25) is 0 Å². The number of carbonyl (C=O) groups excluding carboxylic acids is 1. The number of carbonyl (C=O) groups is 1. The fourth-order valence-corrected chi connectivity index (χ4v) is 2.53. The molecule has 3 rings (SSSR count). The number of para-hydroxylation sites is 1. The van der Waals surface area contributed by atoms with Crippen LogP contribution < -0.4 is 4.90 Å². The van der Waals surface area contributed by atoms with Crippen LogP contribution in [0.3, 0.4) is 0 Å². The van der Waals surface area contributed by atoms with Gasteiger partial charge in [0.1, 0.15) is 5.82 Å².